The summed E-state index contributed by atoms with van der Waals surface area (Å²) in [6, 6.07) is 6.21. The number of carbonyl (C=O) groups is 1. The number of hydrogen-bond donors (Lipinski definition) is 3. The first-order valence-electron chi connectivity index (χ1n) is 6.09. The number of nitrogens with one attached hydrogen (secondary N) is 2. The fourth-order valence-corrected chi connectivity index (χ4v) is 1.52. The number of nitro benzene ring substituents is 1. The molecule has 0 atom stereocenters. The van der Waals surface area contributed by atoms with E-state index in [1.807, 2.05) is 0 Å². The van der Waals surface area contributed by atoms with Crippen LogP contribution in [0.15, 0.2) is 24.3 Å². The first-order valence-corrected chi connectivity index (χ1v) is 6.09. The molecule has 0 aromatic heterocycles. The number of hydrogen-bond acceptors (Lipinski definition) is 5. The number of nitrogens with zero attached hydrogens (tertiary/aromatic N) is 1. The number of nitrogens with two attached hydrogens (primary N) is 1. The summed E-state index contributed by atoms with van der Waals surface area (Å²) < 4.78 is 0. The lowest BCUT2D eigenvalue weighted by molar-refractivity contribution is -0.383. The molecule has 1 rings (SSSR count). The molecular formula is C12H18N4O3. The number of para-hydroxylation sites is 2. The predicted molar refractivity (Wildman–Crippen MR) is 72.9 cm³/mol. The number of benzene rings is 1. The summed E-state index contributed by atoms with van der Waals surface area (Å²) >= 11 is 0. The van der Waals surface area contributed by atoms with Crippen LogP contribution in [-0.4, -0.2) is 30.5 Å². The molecule has 0 aliphatic rings. The van der Waals surface area contributed by atoms with Gasteiger partial charge in [0.1, 0.15) is 5.69 Å². The monoisotopic (exact) mass is 266 g/mol. The van der Waals surface area contributed by atoms with Gasteiger partial charge in [0.25, 0.3) is 5.69 Å². The minimum absolute atomic E-state index is 0.00742. The molecule has 4 N–H and O–H groups in total. The molecule has 0 aliphatic carbocycles. The minimum atomic E-state index is -0.485. The molecule has 1 aromatic rings. The van der Waals surface area contributed by atoms with Crippen LogP contribution in [0.4, 0.5) is 11.4 Å². The zero-order valence-electron chi connectivity index (χ0n) is 10.6. The Balaban J connectivity index is 2.40. The Bertz CT molecular complexity index is 437. The van der Waals surface area contributed by atoms with Gasteiger partial charge in [0.15, 0.2) is 0 Å². The molecule has 104 valence electrons. The number of nitro groups is 1. The molecule has 0 bridgehead atoms. The minimum Gasteiger partial charge on any atom is -0.371 e. The molecule has 0 saturated carbocycles. The average molecular weight is 266 g/mol. The van der Waals surface area contributed by atoms with Gasteiger partial charge in [0.2, 0.25) is 5.91 Å². The lowest BCUT2D eigenvalue weighted by atomic mass is 10.2. The van der Waals surface area contributed by atoms with Crippen LogP contribution in [0.3, 0.4) is 0 Å². The Labute approximate surface area is 111 Å². The number of carbonyl (C=O) groups excluding carboxylic acids is 1. The summed E-state index contributed by atoms with van der Waals surface area (Å²) in [5.41, 5.74) is 5.63. The van der Waals surface area contributed by atoms with Crippen molar-refractivity contribution in [3.63, 3.8) is 0 Å². The lowest BCUT2D eigenvalue weighted by Crippen LogP contribution is -2.30. The van der Waals surface area contributed by atoms with E-state index < -0.39 is 4.92 Å². The van der Waals surface area contributed by atoms with Crippen LogP contribution in [0, 0.1) is 10.1 Å². The van der Waals surface area contributed by atoms with Gasteiger partial charge in [-0.3, -0.25) is 14.9 Å². The van der Waals surface area contributed by atoms with E-state index in [1.54, 1.807) is 18.2 Å². The molecular weight excluding hydrogens is 248 g/mol. The van der Waals surface area contributed by atoms with Crippen molar-refractivity contribution in [1.82, 2.24) is 5.32 Å². The van der Waals surface area contributed by atoms with E-state index in [1.165, 1.54) is 6.07 Å². The summed E-state index contributed by atoms with van der Waals surface area (Å²) in [7, 11) is 0. The van der Waals surface area contributed by atoms with Gasteiger partial charge in [-0.25, -0.2) is 0 Å². The first kappa shape index (κ1) is 14.9. The maximum Gasteiger partial charge on any atom is 0.292 e. The number of anilines is 1. The Morgan fingerprint density at radius 2 is 2.05 bits per heavy atom. The highest BCUT2D eigenvalue weighted by molar-refractivity contribution is 5.81. The highest BCUT2D eigenvalue weighted by atomic mass is 16.6. The lowest BCUT2D eigenvalue weighted by Gasteiger charge is -2.07. The third-order valence-electron chi connectivity index (χ3n) is 2.49. The highest BCUT2D eigenvalue weighted by Gasteiger charge is 2.12. The quantitative estimate of drug-likeness (QED) is 0.367. The predicted octanol–water partition coefficient (Wildman–Crippen LogP) is 0.862. The molecule has 0 heterocycles. The van der Waals surface area contributed by atoms with E-state index >= 15 is 0 Å². The van der Waals surface area contributed by atoms with Gasteiger partial charge in [-0.05, 0) is 25.5 Å². The Hall–Kier alpha value is -2.15. The molecule has 7 nitrogen and oxygen atoms in total. The fourth-order valence-electron chi connectivity index (χ4n) is 1.52. The second-order valence-electron chi connectivity index (χ2n) is 3.97. The average Bonchev–Trinajstić information content (AvgIpc) is 2.41. The maximum atomic E-state index is 11.5. The fraction of sp³-hybridized carbons (Fsp3) is 0.417. The summed E-state index contributed by atoms with van der Waals surface area (Å²) in [5.74, 6) is -0.199. The smallest absolute Gasteiger partial charge is 0.292 e. The van der Waals surface area contributed by atoms with Gasteiger partial charge < -0.3 is 16.4 Å². The topological polar surface area (TPSA) is 110 Å². The Morgan fingerprint density at radius 3 is 2.74 bits per heavy atom. The standard InChI is InChI=1S/C12H18N4O3/c13-7-3-4-8-14-12(17)9-15-10-5-1-2-6-11(10)16(18)19/h1-2,5-6,15H,3-4,7-9,13H2,(H,14,17). The molecule has 0 radical (unpaired) electrons. The van der Waals surface area contributed by atoms with Crippen LogP contribution < -0.4 is 16.4 Å². The number of unbranched alkanes of at least 4 members (excludes halogenated alkanes) is 1. The van der Waals surface area contributed by atoms with E-state index in [0.717, 1.165) is 12.8 Å². The van der Waals surface area contributed by atoms with Gasteiger partial charge in [0, 0.05) is 12.6 Å². The molecule has 19 heavy (non-hydrogen) atoms. The van der Waals surface area contributed by atoms with E-state index in [9.17, 15) is 14.9 Å². The Kier molecular flexibility index (Phi) is 6.31. The van der Waals surface area contributed by atoms with Crippen molar-refractivity contribution in [2.45, 2.75) is 12.8 Å². The van der Waals surface area contributed by atoms with Crippen LogP contribution in [0.2, 0.25) is 0 Å². The molecule has 1 amide bonds. The highest BCUT2D eigenvalue weighted by Crippen LogP contribution is 2.22. The van der Waals surface area contributed by atoms with Crippen LogP contribution >= 0.6 is 0 Å². The zero-order chi connectivity index (χ0) is 14.1. The van der Waals surface area contributed by atoms with Gasteiger partial charge in [-0.1, -0.05) is 12.1 Å². The number of amides is 1. The van der Waals surface area contributed by atoms with E-state index in [0.29, 0.717) is 18.8 Å². The SMILES string of the molecule is NCCCCNC(=O)CNc1ccccc1[N+](=O)[O-]. The van der Waals surface area contributed by atoms with Crippen LogP contribution in [0.25, 0.3) is 0 Å². The molecule has 0 unspecified atom stereocenters. The summed E-state index contributed by atoms with van der Waals surface area (Å²) in [4.78, 5) is 21.8. The largest absolute Gasteiger partial charge is 0.371 e. The molecule has 7 heteroatoms. The van der Waals surface area contributed by atoms with Crippen LogP contribution in [0.5, 0.6) is 0 Å². The molecule has 0 saturated heterocycles. The number of rotatable bonds is 8. The van der Waals surface area contributed by atoms with Gasteiger partial charge in [-0.15, -0.1) is 0 Å². The molecule has 0 spiro atoms. The van der Waals surface area contributed by atoms with Crippen molar-refractivity contribution in [1.29, 1.82) is 0 Å². The molecule has 1 aromatic carbocycles. The molecule has 0 aliphatic heterocycles. The summed E-state index contributed by atoms with van der Waals surface area (Å²) in [6.45, 7) is 1.17. The summed E-state index contributed by atoms with van der Waals surface area (Å²) in [5, 5.41) is 16.2. The van der Waals surface area contributed by atoms with Crippen molar-refractivity contribution in [3.05, 3.63) is 34.4 Å². The third kappa shape index (κ3) is 5.35. The van der Waals surface area contributed by atoms with Crippen molar-refractivity contribution < 1.29 is 9.72 Å². The van der Waals surface area contributed by atoms with Crippen LogP contribution in [0.1, 0.15) is 12.8 Å². The third-order valence-corrected chi connectivity index (χ3v) is 2.49. The van der Waals surface area contributed by atoms with Crippen molar-refractivity contribution in [2.75, 3.05) is 25.0 Å². The van der Waals surface area contributed by atoms with Crippen molar-refractivity contribution in [2.24, 2.45) is 5.73 Å². The Morgan fingerprint density at radius 1 is 1.32 bits per heavy atom. The second kappa shape index (κ2) is 8.04. The molecule has 0 fully saturated rings. The van der Waals surface area contributed by atoms with E-state index in [2.05, 4.69) is 10.6 Å². The van der Waals surface area contributed by atoms with Gasteiger partial charge >= 0.3 is 0 Å². The van der Waals surface area contributed by atoms with E-state index in [-0.39, 0.29) is 18.1 Å². The van der Waals surface area contributed by atoms with Crippen LogP contribution in [-0.2, 0) is 4.79 Å². The van der Waals surface area contributed by atoms with Gasteiger partial charge in [-0.2, -0.15) is 0 Å². The van der Waals surface area contributed by atoms with E-state index in [4.69, 9.17) is 5.73 Å². The maximum absolute atomic E-state index is 11.5. The van der Waals surface area contributed by atoms with Crippen molar-refractivity contribution >= 4 is 17.3 Å². The van der Waals surface area contributed by atoms with Crippen molar-refractivity contribution in [3.8, 4) is 0 Å². The first-order chi connectivity index (χ1) is 9.15. The normalized spacial score (nSPS) is 9.95. The second-order valence-corrected chi connectivity index (χ2v) is 3.97. The van der Waals surface area contributed by atoms with Gasteiger partial charge in [0.05, 0.1) is 11.5 Å². The zero-order valence-corrected chi connectivity index (χ0v) is 10.6. The summed E-state index contributed by atoms with van der Waals surface area (Å²) in [6.07, 6.45) is 1.69.